The summed E-state index contributed by atoms with van der Waals surface area (Å²) in [6, 6.07) is 6.44. The Hall–Kier alpha value is -1.58. The Bertz CT molecular complexity index is 503. The molecule has 0 spiro atoms. The smallest absolute Gasteiger partial charge is 0.213 e. The minimum absolute atomic E-state index is 0.304. The van der Waals surface area contributed by atoms with Gasteiger partial charge in [-0.05, 0) is 12.1 Å². The number of nitrogens with two attached hydrogens (primary N) is 1. The Balaban J connectivity index is 3.15. The van der Waals surface area contributed by atoms with Crippen molar-refractivity contribution in [1.82, 2.24) is 0 Å². The third kappa shape index (κ3) is 3.23. The van der Waals surface area contributed by atoms with E-state index in [9.17, 15) is 8.42 Å². The molecular weight excluding hydrogens is 216 g/mol. The highest BCUT2D eigenvalue weighted by molar-refractivity contribution is 7.88. The van der Waals surface area contributed by atoms with Crippen molar-refractivity contribution >= 4 is 10.0 Å². The van der Waals surface area contributed by atoms with Gasteiger partial charge in [0.25, 0.3) is 0 Å². The lowest BCUT2D eigenvalue weighted by Crippen LogP contribution is -2.15. The number of benzene rings is 1. The van der Waals surface area contributed by atoms with E-state index < -0.39 is 10.0 Å². The number of hydrogen-bond acceptors (Lipinski definition) is 4. The van der Waals surface area contributed by atoms with Gasteiger partial charge in [0.15, 0.2) is 0 Å². The van der Waals surface area contributed by atoms with E-state index in [1.165, 1.54) is 25.3 Å². The molecule has 0 aliphatic rings. The van der Waals surface area contributed by atoms with Crippen LogP contribution in [0.3, 0.4) is 0 Å². The summed E-state index contributed by atoms with van der Waals surface area (Å²) in [5.41, 5.74) is 0.851. The summed E-state index contributed by atoms with van der Waals surface area (Å²) in [5.74, 6) is 0.0464. The largest absolute Gasteiger partial charge is 0.496 e. The van der Waals surface area contributed by atoms with Gasteiger partial charge in [0.05, 0.1) is 24.5 Å². The first-order chi connectivity index (χ1) is 6.96. The predicted octanol–water partition coefficient (Wildman–Crippen LogP) is 0.355. The fourth-order valence-corrected chi connectivity index (χ4v) is 1.82. The Labute approximate surface area is 88.1 Å². The fourth-order valence-electron chi connectivity index (χ4n) is 1.15. The van der Waals surface area contributed by atoms with Crippen molar-refractivity contribution in [3.05, 3.63) is 29.3 Å². The van der Waals surface area contributed by atoms with E-state index in [1.807, 2.05) is 6.07 Å². The Morgan fingerprint density at radius 3 is 2.67 bits per heavy atom. The molecule has 5 nitrogen and oxygen atoms in total. The van der Waals surface area contributed by atoms with Crippen molar-refractivity contribution in [2.45, 2.75) is 5.75 Å². The molecule has 1 rings (SSSR count). The lowest BCUT2D eigenvalue weighted by atomic mass is 10.1. The van der Waals surface area contributed by atoms with Gasteiger partial charge in [0, 0.05) is 5.56 Å². The van der Waals surface area contributed by atoms with Crippen LogP contribution in [0.25, 0.3) is 0 Å². The minimum Gasteiger partial charge on any atom is -0.496 e. The second-order valence-electron chi connectivity index (χ2n) is 2.95. The summed E-state index contributed by atoms with van der Waals surface area (Å²) in [6.07, 6.45) is 0. The van der Waals surface area contributed by atoms with Crippen LogP contribution in [0.1, 0.15) is 11.1 Å². The molecule has 0 aliphatic heterocycles. The molecule has 0 aromatic heterocycles. The van der Waals surface area contributed by atoms with Gasteiger partial charge in [-0.25, -0.2) is 13.6 Å². The number of sulfonamides is 1. The second-order valence-corrected chi connectivity index (χ2v) is 4.56. The van der Waals surface area contributed by atoms with Crippen LogP contribution in [-0.2, 0) is 15.8 Å². The highest BCUT2D eigenvalue weighted by atomic mass is 32.2. The average molecular weight is 226 g/mol. The number of nitrogens with zero attached hydrogens (tertiary/aromatic N) is 1. The number of primary sulfonamides is 1. The Kier molecular flexibility index (Phi) is 3.29. The summed E-state index contributed by atoms with van der Waals surface area (Å²) < 4.78 is 26.7. The van der Waals surface area contributed by atoms with Crippen LogP contribution in [-0.4, -0.2) is 15.5 Å². The van der Waals surface area contributed by atoms with Crippen LogP contribution in [0.4, 0.5) is 0 Å². The van der Waals surface area contributed by atoms with Gasteiger partial charge in [-0.3, -0.25) is 0 Å². The Morgan fingerprint density at radius 2 is 2.20 bits per heavy atom. The number of nitriles is 1. The quantitative estimate of drug-likeness (QED) is 0.805. The van der Waals surface area contributed by atoms with Gasteiger partial charge in [-0.15, -0.1) is 0 Å². The molecule has 0 heterocycles. The third-order valence-electron chi connectivity index (χ3n) is 1.77. The third-order valence-corrected chi connectivity index (χ3v) is 2.49. The lowest BCUT2D eigenvalue weighted by molar-refractivity contribution is 0.411. The summed E-state index contributed by atoms with van der Waals surface area (Å²) in [4.78, 5) is 0. The zero-order valence-electron chi connectivity index (χ0n) is 8.10. The minimum atomic E-state index is -3.59. The van der Waals surface area contributed by atoms with Gasteiger partial charge >= 0.3 is 0 Å². The molecule has 0 bridgehead atoms. The van der Waals surface area contributed by atoms with Crippen LogP contribution in [0, 0.1) is 11.3 Å². The van der Waals surface area contributed by atoms with Crippen LogP contribution in [0.5, 0.6) is 5.75 Å². The number of rotatable bonds is 3. The first-order valence-electron chi connectivity index (χ1n) is 4.04. The van der Waals surface area contributed by atoms with E-state index in [2.05, 4.69) is 0 Å². The fraction of sp³-hybridized carbons (Fsp3) is 0.222. The van der Waals surface area contributed by atoms with Crippen LogP contribution in [0.15, 0.2) is 18.2 Å². The van der Waals surface area contributed by atoms with Crippen LogP contribution >= 0.6 is 0 Å². The van der Waals surface area contributed by atoms with Crippen molar-refractivity contribution in [1.29, 1.82) is 5.26 Å². The summed E-state index contributed by atoms with van der Waals surface area (Å²) in [6.45, 7) is 0. The van der Waals surface area contributed by atoms with Crippen LogP contribution in [0.2, 0.25) is 0 Å². The van der Waals surface area contributed by atoms with Gasteiger partial charge in [0.2, 0.25) is 10.0 Å². The van der Waals surface area contributed by atoms with Crippen molar-refractivity contribution in [2.24, 2.45) is 5.14 Å². The summed E-state index contributed by atoms with van der Waals surface area (Å²) in [5, 5.41) is 13.5. The summed E-state index contributed by atoms with van der Waals surface area (Å²) >= 11 is 0. The molecule has 1 aromatic rings. The average Bonchev–Trinajstić information content (AvgIpc) is 2.16. The molecule has 6 heteroatoms. The van der Waals surface area contributed by atoms with Gasteiger partial charge in [0.1, 0.15) is 5.75 Å². The van der Waals surface area contributed by atoms with Gasteiger partial charge in [-0.2, -0.15) is 5.26 Å². The molecule has 0 aliphatic carbocycles. The van der Waals surface area contributed by atoms with Crippen molar-refractivity contribution in [3.63, 3.8) is 0 Å². The zero-order valence-corrected chi connectivity index (χ0v) is 8.91. The first kappa shape index (κ1) is 11.5. The maximum atomic E-state index is 10.9. The maximum Gasteiger partial charge on any atom is 0.213 e. The van der Waals surface area contributed by atoms with Crippen molar-refractivity contribution in [2.75, 3.05) is 7.11 Å². The molecule has 0 saturated carbocycles. The van der Waals surface area contributed by atoms with Gasteiger partial charge < -0.3 is 4.74 Å². The molecule has 1 aromatic carbocycles. The van der Waals surface area contributed by atoms with E-state index in [-0.39, 0.29) is 5.75 Å². The van der Waals surface area contributed by atoms with Crippen molar-refractivity contribution < 1.29 is 13.2 Å². The molecule has 0 saturated heterocycles. The normalized spacial score (nSPS) is 10.7. The highest BCUT2D eigenvalue weighted by Crippen LogP contribution is 2.21. The molecular formula is C9H10N2O3S. The molecule has 15 heavy (non-hydrogen) atoms. The standard InChI is InChI=1S/C9H10N2O3S/c1-14-9-4-7(5-10)2-3-8(9)6-15(11,12)13/h2-4H,6H2,1H3,(H2,11,12,13). The van der Waals surface area contributed by atoms with E-state index in [4.69, 9.17) is 15.1 Å². The molecule has 0 unspecified atom stereocenters. The van der Waals surface area contributed by atoms with Gasteiger partial charge in [-0.1, -0.05) is 6.07 Å². The Morgan fingerprint density at radius 1 is 1.53 bits per heavy atom. The number of hydrogen-bond donors (Lipinski definition) is 1. The summed E-state index contributed by atoms with van der Waals surface area (Å²) in [7, 11) is -2.19. The number of methoxy groups -OCH3 is 1. The first-order valence-corrected chi connectivity index (χ1v) is 5.75. The molecule has 80 valence electrons. The monoisotopic (exact) mass is 226 g/mol. The van der Waals surface area contributed by atoms with Crippen molar-refractivity contribution in [3.8, 4) is 11.8 Å². The van der Waals surface area contributed by atoms with E-state index in [0.717, 1.165) is 0 Å². The molecule has 0 atom stereocenters. The SMILES string of the molecule is COc1cc(C#N)ccc1CS(N)(=O)=O. The second kappa shape index (κ2) is 4.29. The number of ether oxygens (including phenoxy) is 1. The van der Waals surface area contributed by atoms with E-state index in [0.29, 0.717) is 16.9 Å². The zero-order chi connectivity index (χ0) is 11.5. The molecule has 0 amide bonds. The lowest BCUT2D eigenvalue weighted by Gasteiger charge is -2.07. The van der Waals surface area contributed by atoms with Crippen LogP contribution < -0.4 is 9.88 Å². The topological polar surface area (TPSA) is 93.2 Å². The highest BCUT2D eigenvalue weighted by Gasteiger charge is 2.10. The van der Waals surface area contributed by atoms with E-state index >= 15 is 0 Å². The maximum absolute atomic E-state index is 10.9. The molecule has 2 N–H and O–H groups in total. The predicted molar refractivity (Wildman–Crippen MR) is 54.5 cm³/mol. The molecule has 0 radical (unpaired) electrons. The molecule has 0 fully saturated rings. The van der Waals surface area contributed by atoms with E-state index in [1.54, 1.807) is 0 Å².